The molecule has 26 heavy (non-hydrogen) atoms. The molecule has 0 bridgehead atoms. The van der Waals surface area contributed by atoms with E-state index in [0.717, 1.165) is 5.56 Å². The number of amides is 1. The number of nitro benzene ring substituents is 1. The Labute approximate surface area is 162 Å². The molecule has 0 radical (unpaired) electrons. The van der Waals surface area contributed by atoms with E-state index in [-0.39, 0.29) is 30.0 Å². The van der Waals surface area contributed by atoms with Gasteiger partial charge in [-0.2, -0.15) is 0 Å². The summed E-state index contributed by atoms with van der Waals surface area (Å²) in [6.45, 7) is 3.55. The first kappa shape index (κ1) is 20.2. The van der Waals surface area contributed by atoms with E-state index < -0.39 is 4.92 Å². The quantitative estimate of drug-likeness (QED) is 0.633. The lowest BCUT2D eigenvalue weighted by molar-refractivity contribution is -0.384. The first-order chi connectivity index (χ1) is 12.0. The number of aryl methyl sites for hydroxylation is 1. The van der Waals surface area contributed by atoms with Gasteiger partial charge in [-0.3, -0.25) is 14.9 Å². The molecule has 1 heterocycles. The van der Waals surface area contributed by atoms with Crippen molar-refractivity contribution in [3.05, 3.63) is 74.3 Å². The zero-order chi connectivity index (χ0) is 18.0. The van der Waals surface area contributed by atoms with Crippen LogP contribution in [0.1, 0.15) is 27.5 Å². The summed E-state index contributed by atoms with van der Waals surface area (Å²) < 4.78 is 0. The topological polar surface area (TPSA) is 75.5 Å². The Morgan fingerprint density at radius 2 is 2.04 bits per heavy atom. The molecule has 6 nitrogen and oxygen atoms in total. The van der Waals surface area contributed by atoms with Gasteiger partial charge in [-0.05, 0) is 24.1 Å². The van der Waals surface area contributed by atoms with Crippen molar-refractivity contribution in [3.8, 4) is 0 Å². The van der Waals surface area contributed by atoms with Crippen molar-refractivity contribution >= 4 is 35.6 Å². The fourth-order valence-electron chi connectivity index (χ4n) is 3.08. The van der Waals surface area contributed by atoms with Crippen molar-refractivity contribution in [3.63, 3.8) is 0 Å². The van der Waals surface area contributed by atoms with E-state index in [1.54, 1.807) is 24.0 Å². The molecule has 1 aliphatic rings. The van der Waals surface area contributed by atoms with Crippen LogP contribution in [0.4, 0.5) is 5.69 Å². The van der Waals surface area contributed by atoms with E-state index >= 15 is 0 Å². The predicted octanol–water partition coefficient (Wildman–Crippen LogP) is 3.77. The minimum Gasteiger partial charge on any atom is -0.329 e. The Balaban J connectivity index is 0.00000243. The zero-order valence-electron chi connectivity index (χ0n) is 14.1. The van der Waals surface area contributed by atoms with Gasteiger partial charge in [0.1, 0.15) is 0 Å². The highest BCUT2D eigenvalue weighted by Crippen LogP contribution is 2.30. The Morgan fingerprint density at radius 3 is 2.73 bits per heavy atom. The summed E-state index contributed by atoms with van der Waals surface area (Å²) in [7, 11) is 0. The maximum Gasteiger partial charge on any atom is 0.270 e. The lowest BCUT2D eigenvalue weighted by atomic mass is 10.00. The number of piperazine rings is 1. The third-order valence-electron chi connectivity index (χ3n) is 4.43. The number of hydrogen-bond acceptors (Lipinski definition) is 4. The average molecular weight is 396 g/mol. The number of benzene rings is 2. The molecule has 1 amide bonds. The Morgan fingerprint density at radius 1 is 1.31 bits per heavy atom. The van der Waals surface area contributed by atoms with Crippen molar-refractivity contribution in [2.75, 3.05) is 19.6 Å². The fourth-order valence-corrected chi connectivity index (χ4v) is 3.34. The number of nitrogens with one attached hydrogen (secondary N) is 1. The van der Waals surface area contributed by atoms with Crippen LogP contribution in [-0.2, 0) is 0 Å². The molecule has 1 saturated heterocycles. The largest absolute Gasteiger partial charge is 0.329 e. The first-order valence-electron chi connectivity index (χ1n) is 8.00. The number of non-ortho nitro benzene ring substituents is 1. The summed E-state index contributed by atoms with van der Waals surface area (Å²) in [6.07, 6.45) is 0. The van der Waals surface area contributed by atoms with E-state index in [2.05, 4.69) is 5.32 Å². The van der Waals surface area contributed by atoms with Gasteiger partial charge in [-0.15, -0.1) is 12.4 Å². The highest BCUT2D eigenvalue weighted by molar-refractivity contribution is 6.31. The van der Waals surface area contributed by atoms with Crippen LogP contribution in [0.5, 0.6) is 0 Å². The van der Waals surface area contributed by atoms with Gasteiger partial charge < -0.3 is 10.2 Å². The van der Waals surface area contributed by atoms with E-state index in [0.29, 0.717) is 35.8 Å². The molecule has 0 aliphatic carbocycles. The molecule has 8 heteroatoms. The molecular weight excluding hydrogens is 377 g/mol. The number of carbonyl (C=O) groups is 1. The van der Waals surface area contributed by atoms with Gasteiger partial charge in [0, 0.05) is 42.4 Å². The maximum absolute atomic E-state index is 13.1. The molecule has 2 aromatic rings. The van der Waals surface area contributed by atoms with Gasteiger partial charge in [0.15, 0.2) is 0 Å². The van der Waals surface area contributed by atoms with Crippen molar-refractivity contribution < 1.29 is 9.72 Å². The van der Waals surface area contributed by atoms with Gasteiger partial charge in [-0.25, -0.2) is 0 Å². The van der Waals surface area contributed by atoms with Crippen LogP contribution in [0.15, 0.2) is 42.5 Å². The van der Waals surface area contributed by atoms with E-state index in [1.165, 1.54) is 12.1 Å². The van der Waals surface area contributed by atoms with Crippen molar-refractivity contribution in [1.29, 1.82) is 0 Å². The number of hydrogen-bond donors (Lipinski definition) is 1. The molecule has 0 saturated carbocycles. The van der Waals surface area contributed by atoms with Crippen LogP contribution < -0.4 is 5.32 Å². The van der Waals surface area contributed by atoms with Crippen molar-refractivity contribution in [1.82, 2.24) is 10.2 Å². The SMILES string of the molecule is Cc1ccc([N+](=O)[O-])cc1C(=O)N1CCNCC1c1ccccc1Cl.Cl. The Kier molecular flexibility index (Phi) is 6.58. The average Bonchev–Trinajstić information content (AvgIpc) is 2.62. The third-order valence-corrected chi connectivity index (χ3v) is 4.78. The summed E-state index contributed by atoms with van der Waals surface area (Å²) in [5, 5.41) is 14.9. The first-order valence-corrected chi connectivity index (χ1v) is 8.38. The van der Waals surface area contributed by atoms with E-state index in [4.69, 9.17) is 11.6 Å². The Hall–Kier alpha value is -2.15. The highest BCUT2D eigenvalue weighted by Gasteiger charge is 2.31. The standard InChI is InChI=1S/C18H18ClN3O3.ClH/c1-12-6-7-13(22(24)25)10-15(12)18(23)21-9-8-20-11-17(21)14-4-2-3-5-16(14)19;/h2-7,10,17,20H,8-9,11H2,1H3;1H. The van der Waals surface area contributed by atoms with E-state index in [9.17, 15) is 14.9 Å². The molecule has 3 rings (SSSR count). The molecule has 1 unspecified atom stereocenters. The van der Waals surface area contributed by atoms with Crippen molar-refractivity contribution in [2.24, 2.45) is 0 Å². The minimum absolute atomic E-state index is 0. The maximum atomic E-state index is 13.1. The number of rotatable bonds is 3. The highest BCUT2D eigenvalue weighted by atomic mass is 35.5. The summed E-state index contributed by atoms with van der Waals surface area (Å²) in [5.74, 6) is -0.215. The second kappa shape index (κ2) is 8.49. The second-order valence-corrected chi connectivity index (χ2v) is 6.40. The lowest BCUT2D eigenvalue weighted by Crippen LogP contribution is -2.48. The zero-order valence-corrected chi connectivity index (χ0v) is 15.7. The third kappa shape index (κ3) is 3.98. The molecule has 138 valence electrons. The summed E-state index contributed by atoms with van der Waals surface area (Å²) in [6, 6.07) is 11.6. The molecule has 1 N–H and O–H groups in total. The van der Waals surface area contributed by atoms with Gasteiger partial charge in [0.25, 0.3) is 11.6 Å². The van der Waals surface area contributed by atoms with E-state index in [1.807, 2.05) is 18.2 Å². The number of halogens is 2. The molecule has 1 fully saturated rings. The smallest absolute Gasteiger partial charge is 0.270 e. The molecule has 2 aromatic carbocycles. The number of nitrogens with zero attached hydrogens (tertiary/aromatic N) is 2. The molecule has 0 spiro atoms. The monoisotopic (exact) mass is 395 g/mol. The fraction of sp³-hybridized carbons (Fsp3) is 0.278. The summed E-state index contributed by atoms with van der Waals surface area (Å²) in [4.78, 5) is 25.4. The van der Waals surface area contributed by atoms with Crippen LogP contribution in [0.3, 0.4) is 0 Å². The summed E-state index contributed by atoms with van der Waals surface area (Å²) >= 11 is 6.32. The second-order valence-electron chi connectivity index (χ2n) is 6.00. The van der Waals surface area contributed by atoms with Crippen LogP contribution in [0, 0.1) is 17.0 Å². The van der Waals surface area contributed by atoms with Crippen LogP contribution >= 0.6 is 24.0 Å². The van der Waals surface area contributed by atoms with Crippen LogP contribution in [0.2, 0.25) is 5.02 Å². The van der Waals surface area contributed by atoms with Crippen molar-refractivity contribution in [2.45, 2.75) is 13.0 Å². The van der Waals surface area contributed by atoms with Crippen LogP contribution in [0.25, 0.3) is 0 Å². The minimum atomic E-state index is -0.487. The van der Waals surface area contributed by atoms with Gasteiger partial charge in [0.2, 0.25) is 0 Å². The molecule has 1 atom stereocenters. The molecular formula is C18H19Cl2N3O3. The van der Waals surface area contributed by atoms with Crippen LogP contribution in [-0.4, -0.2) is 35.4 Å². The van der Waals surface area contributed by atoms with Gasteiger partial charge in [0.05, 0.1) is 11.0 Å². The molecule has 1 aliphatic heterocycles. The van der Waals surface area contributed by atoms with Gasteiger partial charge in [-0.1, -0.05) is 35.9 Å². The molecule has 0 aromatic heterocycles. The lowest BCUT2D eigenvalue weighted by Gasteiger charge is -2.37. The number of carbonyl (C=O) groups excluding carboxylic acids is 1. The normalized spacial score (nSPS) is 16.7. The van der Waals surface area contributed by atoms with Gasteiger partial charge >= 0.3 is 0 Å². The Bertz CT molecular complexity index is 829. The summed E-state index contributed by atoms with van der Waals surface area (Å²) in [5.41, 5.74) is 1.85. The predicted molar refractivity (Wildman–Crippen MR) is 103 cm³/mol. The number of nitro groups is 1.